The molecular formula is C26H22F6N4O3S2. The number of carbonyl (C=O) groups excluding carboxylic acids is 1. The first-order chi connectivity index (χ1) is 19.3. The van der Waals surface area contributed by atoms with Crippen LogP contribution in [-0.2, 0) is 28.3 Å². The molecule has 0 N–H and O–H groups in total. The molecule has 0 bridgehead atoms. The van der Waals surface area contributed by atoms with Gasteiger partial charge >= 0.3 is 11.9 Å². The van der Waals surface area contributed by atoms with Gasteiger partial charge in [0.05, 0.1) is 17.1 Å². The molecule has 1 aromatic heterocycles. The van der Waals surface area contributed by atoms with Crippen LogP contribution in [0.15, 0.2) is 46.4 Å². The number of halogens is 6. The third-order valence-corrected chi connectivity index (χ3v) is 8.90. The zero-order chi connectivity index (χ0) is 29.8. The molecule has 1 amide bonds. The highest BCUT2D eigenvalue weighted by Crippen LogP contribution is 2.49. The van der Waals surface area contributed by atoms with Crippen molar-refractivity contribution in [3.63, 3.8) is 0 Å². The highest BCUT2D eigenvalue weighted by Gasteiger charge is 2.40. The fraction of sp³-hybridized carbons (Fsp3) is 0.346. The standard InChI is InChI=1S/C26H22F6N4O3S2/c1-13(27)24(37)35-6-5-34(11-15(35)12-41(2)39)23-17-10-18(26(30,31)32)20(16-4-3-14(28)9-19(16)29)22-21(17)36(7-8-40-22)25(38)33-23/h3-4,9-10,15H,1,5-8,11-12H2,2H3. The van der Waals surface area contributed by atoms with Crippen LogP contribution in [0, 0.1) is 11.6 Å². The Balaban J connectivity index is 1.75. The molecule has 5 rings (SSSR count). The number of rotatable bonds is 5. The van der Waals surface area contributed by atoms with Crippen LogP contribution in [0.4, 0.5) is 32.2 Å². The summed E-state index contributed by atoms with van der Waals surface area (Å²) in [6.07, 6.45) is -3.58. The number of anilines is 1. The van der Waals surface area contributed by atoms with E-state index in [-0.39, 0.29) is 59.3 Å². The maximum absolute atomic E-state index is 14.9. The van der Waals surface area contributed by atoms with Crippen molar-refractivity contribution < 1.29 is 35.3 Å². The molecule has 2 atom stereocenters. The van der Waals surface area contributed by atoms with Crippen LogP contribution in [0.2, 0.25) is 0 Å². The number of alkyl halides is 3. The number of nitrogens with zero attached hydrogens (tertiary/aromatic N) is 4. The quantitative estimate of drug-likeness (QED) is 0.314. The molecule has 0 radical (unpaired) electrons. The van der Waals surface area contributed by atoms with Gasteiger partial charge in [-0.1, -0.05) is 6.58 Å². The normalized spacial score (nSPS) is 18.1. The summed E-state index contributed by atoms with van der Waals surface area (Å²) in [6.45, 7) is 2.95. The number of piperazine rings is 1. The van der Waals surface area contributed by atoms with Crippen molar-refractivity contribution in [2.45, 2.75) is 23.7 Å². The predicted molar refractivity (Wildman–Crippen MR) is 144 cm³/mol. The van der Waals surface area contributed by atoms with Gasteiger partial charge in [-0.05, 0) is 18.2 Å². The van der Waals surface area contributed by atoms with Gasteiger partial charge in [-0.2, -0.15) is 18.2 Å². The Morgan fingerprint density at radius 2 is 1.93 bits per heavy atom. The molecule has 0 saturated carbocycles. The van der Waals surface area contributed by atoms with Crippen LogP contribution >= 0.6 is 11.8 Å². The molecule has 0 aliphatic carbocycles. The Labute approximate surface area is 236 Å². The second-order valence-electron chi connectivity index (χ2n) is 9.61. The van der Waals surface area contributed by atoms with Crippen LogP contribution < -0.4 is 10.6 Å². The number of aromatic nitrogens is 2. The minimum atomic E-state index is -4.97. The second kappa shape index (κ2) is 10.8. The third-order valence-electron chi connectivity index (χ3n) is 6.97. The van der Waals surface area contributed by atoms with Gasteiger partial charge in [-0.15, -0.1) is 11.8 Å². The number of aryl methyl sites for hydroxylation is 1. The van der Waals surface area contributed by atoms with E-state index >= 15 is 0 Å². The fourth-order valence-electron chi connectivity index (χ4n) is 5.29. The number of hydrogen-bond acceptors (Lipinski definition) is 6. The summed E-state index contributed by atoms with van der Waals surface area (Å²) in [5, 5.41) is -0.0311. The largest absolute Gasteiger partial charge is 0.417 e. The van der Waals surface area contributed by atoms with E-state index in [0.717, 1.165) is 34.9 Å². The molecule has 2 aliphatic heterocycles. The van der Waals surface area contributed by atoms with Crippen molar-refractivity contribution in [3.05, 3.63) is 64.4 Å². The van der Waals surface area contributed by atoms with Gasteiger partial charge in [0.15, 0.2) is 5.83 Å². The van der Waals surface area contributed by atoms with Crippen molar-refractivity contribution in [2.75, 3.05) is 42.3 Å². The number of hydrogen-bond donors (Lipinski definition) is 0. The van der Waals surface area contributed by atoms with E-state index in [2.05, 4.69) is 11.6 Å². The second-order valence-corrected chi connectivity index (χ2v) is 12.2. The van der Waals surface area contributed by atoms with E-state index in [9.17, 15) is 40.1 Å². The van der Waals surface area contributed by atoms with E-state index < -0.39 is 68.8 Å². The fourth-order valence-corrected chi connectivity index (χ4v) is 7.32. The smallest absolute Gasteiger partial charge is 0.352 e. The number of benzene rings is 2. The number of carbonyl (C=O) groups is 1. The summed E-state index contributed by atoms with van der Waals surface area (Å²) < 4.78 is 99.2. The Morgan fingerprint density at radius 3 is 2.56 bits per heavy atom. The Hall–Kier alpha value is -3.33. The minimum absolute atomic E-state index is 0.00101. The van der Waals surface area contributed by atoms with E-state index in [1.165, 1.54) is 15.7 Å². The third kappa shape index (κ3) is 5.36. The van der Waals surface area contributed by atoms with Gasteiger partial charge in [0.1, 0.15) is 17.5 Å². The van der Waals surface area contributed by atoms with Crippen molar-refractivity contribution >= 4 is 45.2 Å². The lowest BCUT2D eigenvalue weighted by Crippen LogP contribution is -2.57. The van der Waals surface area contributed by atoms with E-state index in [0.29, 0.717) is 6.07 Å². The highest BCUT2D eigenvalue weighted by atomic mass is 32.2. The lowest BCUT2D eigenvalue weighted by molar-refractivity contribution is -0.137. The van der Waals surface area contributed by atoms with Crippen molar-refractivity contribution in [2.24, 2.45) is 0 Å². The van der Waals surface area contributed by atoms with Gasteiger partial charge in [0.25, 0.3) is 5.91 Å². The van der Waals surface area contributed by atoms with Crippen LogP contribution in [0.25, 0.3) is 22.0 Å². The van der Waals surface area contributed by atoms with Gasteiger partial charge in [-0.25, -0.2) is 18.0 Å². The average molecular weight is 617 g/mol. The summed E-state index contributed by atoms with van der Waals surface area (Å²) >= 11 is 1.02. The Bertz CT molecular complexity index is 1680. The summed E-state index contributed by atoms with van der Waals surface area (Å²) in [5.41, 5.74) is -2.79. The molecule has 41 heavy (non-hydrogen) atoms. The van der Waals surface area contributed by atoms with Crippen molar-refractivity contribution in [1.82, 2.24) is 14.5 Å². The molecule has 2 aliphatic rings. The predicted octanol–water partition coefficient (Wildman–Crippen LogP) is 4.35. The van der Waals surface area contributed by atoms with Crippen LogP contribution in [0.1, 0.15) is 5.56 Å². The van der Waals surface area contributed by atoms with Gasteiger partial charge < -0.3 is 9.80 Å². The van der Waals surface area contributed by atoms with Crippen molar-refractivity contribution in [3.8, 4) is 11.1 Å². The molecule has 3 heterocycles. The zero-order valence-electron chi connectivity index (χ0n) is 21.4. The summed E-state index contributed by atoms with van der Waals surface area (Å²) in [4.78, 5) is 32.3. The SMILES string of the molecule is C=C(F)C(=O)N1CCN(c2nc(=O)n3c4c(c(-c5ccc(F)cc5F)c(C(F)(F)F)cc24)SCC3)CC1CS(C)=O. The molecule has 15 heteroatoms. The maximum atomic E-state index is 14.9. The average Bonchev–Trinajstić information content (AvgIpc) is 2.89. The molecule has 3 aromatic rings. The van der Waals surface area contributed by atoms with Crippen molar-refractivity contribution in [1.29, 1.82) is 0 Å². The molecule has 2 aromatic carbocycles. The number of amides is 1. The molecule has 1 fully saturated rings. The van der Waals surface area contributed by atoms with E-state index in [4.69, 9.17) is 0 Å². The first kappa shape index (κ1) is 29.2. The summed E-state index contributed by atoms with van der Waals surface area (Å²) in [7, 11) is -1.43. The molecule has 2 unspecified atom stereocenters. The monoisotopic (exact) mass is 616 g/mol. The summed E-state index contributed by atoms with van der Waals surface area (Å²) in [6, 6.07) is 2.27. The van der Waals surface area contributed by atoms with Crippen LogP contribution in [-0.4, -0.2) is 68.0 Å². The molecular weight excluding hydrogens is 594 g/mol. The molecule has 0 spiro atoms. The van der Waals surface area contributed by atoms with Crippen LogP contribution in [0.3, 0.4) is 0 Å². The highest BCUT2D eigenvalue weighted by molar-refractivity contribution is 7.99. The lowest BCUT2D eigenvalue weighted by atomic mass is 9.95. The topological polar surface area (TPSA) is 75.5 Å². The first-order valence-electron chi connectivity index (χ1n) is 12.2. The maximum Gasteiger partial charge on any atom is 0.417 e. The Kier molecular flexibility index (Phi) is 7.70. The molecule has 218 valence electrons. The van der Waals surface area contributed by atoms with Gasteiger partial charge in [0.2, 0.25) is 0 Å². The summed E-state index contributed by atoms with van der Waals surface area (Å²) in [5.74, 6) is -4.30. The van der Waals surface area contributed by atoms with E-state index in [1.807, 2.05) is 0 Å². The first-order valence-corrected chi connectivity index (χ1v) is 15.0. The van der Waals surface area contributed by atoms with Gasteiger partial charge in [-0.3, -0.25) is 13.6 Å². The lowest BCUT2D eigenvalue weighted by Gasteiger charge is -2.42. The molecule has 7 nitrogen and oxygen atoms in total. The number of thioether (sulfide) groups is 1. The Morgan fingerprint density at radius 1 is 1.20 bits per heavy atom. The minimum Gasteiger partial charge on any atom is -0.352 e. The van der Waals surface area contributed by atoms with Crippen LogP contribution in [0.5, 0.6) is 0 Å². The zero-order valence-corrected chi connectivity index (χ0v) is 23.1. The van der Waals surface area contributed by atoms with E-state index in [1.54, 1.807) is 0 Å². The molecule has 1 saturated heterocycles. The van der Waals surface area contributed by atoms with Gasteiger partial charge in [0, 0.05) is 82.2 Å².